The summed E-state index contributed by atoms with van der Waals surface area (Å²) in [7, 11) is -2.53. The maximum absolute atomic E-state index is 10.9. The topological polar surface area (TPSA) is 83.9 Å². The van der Waals surface area contributed by atoms with Crippen LogP contribution in [-0.4, -0.2) is 49.9 Å². The first-order valence-corrected chi connectivity index (χ1v) is 5.79. The van der Waals surface area contributed by atoms with Crippen LogP contribution in [0.5, 0.6) is 0 Å². The molecule has 6 nitrogen and oxygen atoms in total. The summed E-state index contributed by atoms with van der Waals surface area (Å²) >= 11 is 0. The molecule has 0 rings (SSSR count). The number of likely N-dealkylation sites (N-methyl/N-ethyl adjacent to an activating group) is 1. The molecule has 0 aliphatic heterocycles. The SMILES string of the molecule is C=C(C)C(=O)OCCN(C)CS(=O)(=O)O. The predicted molar refractivity (Wildman–Crippen MR) is 54.8 cm³/mol. The van der Waals surface area contributed by atoms with Crippen molar-refractivity contribution in [3.05, 3.63) is 12.2 Å². The van der Waals surface area contributed by atoms with Crippen LogP contribution >= 0.6 is 0 Å². The van der Waals surface area contributed by atoms with Crippen LogP contribution in [0.4, 0.5) is 0 Å². The van der Waals surface area contributed by atoms with E-state index in [4.69, 9.17) is 9.29 Å². The average molecular weight is 237 g/mol. The van der Waals surface area contributed by atoms with Crippen molar-refractivity contribution in [3.8, 4) is 0 Å². The summed E-state index contributed by atoms with van der Waals surface area (Å²) in [6.07, 6.45) is 0. The molecule has 0 fully saturated rings. The minimum absolute atomic E-state index is 0.0533. The van der Waals surface area contributed by atoms with E-state index in [9.17, 15) is 13.2 Å². The van der Waals surface area contributed by atoms with E-state index in [-0.39, 0.29) is 18.7 Å². The van der Waals surface area contributed by atoms with E-state index < -0.39 is 22.0 Å². The second-order valence-electron chi connectivity index (χ2n) is 3.21. The van der Waals surface area contributed by atoms with Crippen LogP contribution in [0.3, 0.4) is 0 Å². The number of esters is 1. The number of carbonyl (C=O) groups excluding carboxylic acids is 1. The third-order valence-corrected chi connectivity index (χ3v) is 2.21. The van der Waals surface area contributed by atoms with Gasteiger partial charge < -0.3 is 4.74 Å². The van der Waals surface area contributed by atoms with Crippen LogP contribution in [0.1, 0.15) is 6.92 Å². The lowest BCUT2D eigenvalue weighted by molar-refractivity contribution is -0.139. The van der Waals surface area contributed by atoms with E-state index in [0.717, 1.165) is 0 Å². The molecule has 0 saturated heterocycles. The zero-order chi connectivity index (χ0) is 12.1. The molecular formula is C8H15NO5S. The van der Waals surface area contributed by atoms with Crippen LogP contribution in [0.15, 0.2) is 12.2 Å². The van der Waals surface area contributed by atoms with Crippen molar-refractivity contribution >= 4 is 16.1 Å². The third kappa shape index (κ3) is 8.10. The fourth-order valence-corrected chi connectivity index (χ4v) is 1.45. The first-order chi connectivity index (χ1) is 6.72. The Labute approximate surface area is 89.3 Å². The number of rotatable bonds is 6. The smallest absolute Gasteiger partial charge is 0.333 e. The van der Waals surface area contributed by atoms with Crippen LogP contribution in [0.25, 0.3) is 0 Å². The number of carbonyl (C=O) groups is 1. The fourth-order valence-electron chi connectivity index (χ4n) is 0.760. The molecule has 0 spiro atoms. The van der Waals surface area contributed by atoms with Crippen molar-refractivity contribution in [1.29, 1.82) is 0 Å². The molecule has 0 amide bonds. The standard InChI is InChI=1S/C8H15NO5S/c1-7(2)8(10)14-5-4-9(3)6-15(11,12)13/h1,4-6H2,2-3H3,(H,11,12,13). The van der Waals surface area contributed by atoms with Gasteiger partial charge in [0, 0.05) is 12.1 Å². The van der Waals surface area contributed by atoms with Crippen molar-refractivity contribution in [2.75, 3.05) is 26.1 Å². The summed E-state index contributed by atoms with van der Waals surface area (Å²) in [6, 6.07) is 0. The lowest BCUT2D eigenvalue weighted by Crippen LogP contribution is -2.29. The Bertz CT molecular complexity index is 335. The molecule has 0 atom stereocenters. The minimum Gasteiger partial charge on any atom is -0.461 e. The van der Waals surface area contributed by atoms with Gasteiger partial charge in [0.15, 0.2) is 0 Å². The maximum atomic E-state index is 10.9. The Kier molecular flexibility index (Phi) is 5.48. The third-order valence-electron chi connectivity index (χ3n) is 1.44. The molecule has 0 aliphatic carbocycles. The van der Waals surface area contributed by atoms with Gasteiger partial charge in [-0.05, 0) is 14.0 Å². The monoisotopic (exact) mass is 237 g/mol. The van der Waals surface area contributed by atoms with Crippen molar-refractivity contribution in [2.45, 2.75) is 6.92 Å². The van der Waals surface area contributed by atoms with Gasteiger partial charge in [-0.25, -0.2) is 4.79 Å². The van der Waals surface area contributed by atoms with E-state index in [1.807, 2.05) is 0 Å². The molecule has 0 aromatic carbocycles. The maximum Gasteiger partial charge on any atom is 0.333 e. The highest BCUT2D eigenvalue weighted by Crippen LogP contribution is 1.93. The molecule has 0 unspecified atom stereocenters. The molecule has 0 aromatic rings. The van der Waals surface area contributed by atoms with Crippen LogP contribution < -0.4 is 0 Å². The first kappa shape index (κ1) is 14.1. The molecule has 1 N–H and O–H groups in total. The van der Waals surface area contributed by atoms with Crippen molar-refractivity contribution in [1.82, 2.24) is 4.90 Å². The van der Waals surface area contributed by atoms with E-state index in [0.29, 0.717) is 0 Å². The van der Waals surface area contributed by atoms with Gasteiger partial charge in [-0.15, -0.1) is 0 Å². The van der Waals surface area contributed by atoms with Gasteiger partial charge >= 0.3 is 5.97 Å². The number of nitrogens with zero attached hydrogens (tertiary/aromatic N) is 1. The summed E-state index contributed by atoms with van der Waals surface area (Å²) in [5, 5.41) is 0. The molecule has 7 heteroatoms. The normalized spacial score (nSPS) is 11.5. The molecule has 0 bridgehead atoms. The quantitative estimate of drug-likeness (QED) is 0.394. The number of ether oxygens (including phenoxy) is 1. The predicted octanol–water partition coefficient (Wildman–Crippen LogP) is -0.117. The van der Waals surface area contributed by atoms with E-state index in [1.54, 1.807) is 0 Å². The van der Waals surface area contributed by atoms with Gasteiger partial charge in [0.2, 0.25) is 0 Å². The highest BCUT2D eigenvalue weighted by Gasteiger charge is 2.10. The fraction of sp³-hybridized carbons (Fsp3) is 0.625. The Morgan fingerprint density at radius 2 is 2.07 bits per heavy atom. The molecule has 0 aromatic heterocycles. The van der Waals surface area contributed by atoms with Crippen LogP contribution in [0, 0.1) is 0 Å². The van der Waals surface area contributed by atoms with Gasteiger partial charge in [-0.1, -0.05) is 6.58 Å². The average Bonchev–Trinajstić information content (AvgIpc) is 2.00. The highest BCUT2D eigenvalue weighted by atomic mass is 32.2. The molecule has 0 radical (unpaired) electrons. The lowest BCUT2D eigenvalue weighted by Gasteiger charge is -2.14. The van der Waals surface area contributed by atoms with Crippen molar-refractivity contribution in [2.24, 2.45) is 0 Å². The van der Waals surface area contributed by atoms with E-state index >= 15 is 0 Å². The van der Waals surface area contributed by atoms with Gasteiger partial charge in [0.25, 0.3) is 10.1 Å². The Hall–Kier alpha value is -0.920. The Morgan fingerprint density at radius 1 is 1.53 bits per heavy atom. The zero-order valence-corrected chi connectivity index (χ0v) is 9.58. The molecule has 88 valence electrons. The second kappa shape index (κ2) is 5.84. The first-order valence-electron chi connectivity index (χ1n) is 4.18. The van der Waals surface area contributed by atoms with Crippen LogP contribution in [-0.2, 0) is 19.6 Å². The number of hydrogen-bond donors (Lipinski definition) is 1. The zero-order valence-electron chi connectivity index (χ0n) is 8.76. The second-order valence-corrected chi connectivity index (χ2v) is 4.63. The van der Waals surface area contributed by atoms with Gasteiger partial charge in [0.05, 0.1) is 0 Å². The van der Waals surface area contributed by atoms with Crippen molar-refractivity contribution < 1.29 is 22.5 Å². The molecule has 0 aliphatic rings. The molecule has 0 saturated carbocycles. The van der Waals surface area contributed by atoms with Gasteiger partial charge in [0.1, 0.15) is 12.5 Å². The van der Waals surface area contributed by atoms with Gasteiger partial charge in [-0.3, -0.25) is 9.45 Å². The summed E-state index contributed by atoms with van der Waals surface area (Å²) in [5.41, 5.74) is 0.285. The summed E-state index contributed by atoms with van der Waals surface area (Å²) in [5.74, 6) is -1.01. The summed E-state index contributed by atoms with van der Waals surface area (Å²) in [6.45, 7) is 5.18. The van der Waals surface area contributed by atoms with E-state index in [2.05, 4.69) is 6.58 Å². The Balaban J connectivity index is 3.78. The Morgan fingerprint density at radius 3 is 2.47 bits per heavy atom. The van der Waals surface area contributed by atoms with Gasteiger partial charge in [-0.2, -0.15) is 8.42 Å². The molecular weight excluding hydrogens is 222 g/mol. The van der Waals surface area contributed by atoms with Crippen LogP contribution in [0.2, 0.25) is 0 Å². The summed E-state index contributed by atoms with van der Waals surface area (Å²) in [4.78, 5) is 12.2. The lowest BCUT2D eigenvalue weighted by atomic mass is 10.4. The highest BCUT2D eigenvalue weighted by molar-refractivity contribution is 7.85. The van der Waals surface area contributed by atoms with Crippen molar-refractivity contribution in [3.63, 3.8) is 0 Å². The molecule has 15 heavy (non-hydrogen) atoms. The summed E-state index contributed by atoms with van der Waals surface area (Å²) < 4.78 is 34.1. The largest absolute Gasteiger partial charge is 0.461 e. The van der Waals surface area contributed by atoms with E-state index in [1.165, 1.54) is 18.9 Å². The molecule has 0 heterocycles. The minimum atomic E-state index is -4.02. The number of hydrogen-bond acceptors (Lipinski definition) is 5.